The highest BCUT2D eigenvalue weighted by atomic mass is 35.5. The molecular weight excluding hydrogens is 546 g/mol. The number of aromatic nitrogens is 1. The van der Waals surface area contributed by atoms with Gasteiger partial charge in [-0.3, -0.25) is 14.6 Å². The van der Waals surface area contributed by atoms with Crippen LogP contribution in [0.25, 0.3) is 22.4 Å². The van der Waals surface area contributed by atoms with Gasteiger partial charge in [0.05, 0.1) is 10.7 Å². The van der Waals surface area contributed by atoms with Gasteiger partial charge in [-0.15, -0.1) is 0 Å². The number of amides is 1. The van der Waals surface area contributed by atoms with Crippen LogP contribution in [-0.4, -0.2) is 72.1 Å². The summed E-state index contributed by atoms with van der Waals surface area (Å²) in [6.07, 6.45) is 4.13. The van der Waals surface area contributed by atoms with E-state index in [1.54, 1.807) is 24.5 Å². The van der Waals surface area contributed by atoms with Gasteiger partial charge in [0.2, 0.25) is 6.41 Å². The number of aryl methyl sites for hydroxylation is 1. The third-order valence-electron chi connectivity index (χ3n) is 7.01. The molecule has 4 rings (SSSR count). The van der Waals surface area contributed by atoms with E-state index in [4.69, 9.17) is 16.6 Å². The van der Waals surface area contributed by atoms with Gasteiger partial charge in [0, 0.05) is 80.7 Å². The molecule has 0 atom stereocenters. The van der Waals surface area contributed by atoms with Crippen molar-refractivity contribution in [3.05, 3.63) is 71.6 Å². The normalized spacial score (nSPS) is 13.7. The number of carbonyl (C=O) groups is 1. The van der Waals surface area contributed by atoms with Crippen LogP contribution in [-0.2, 0) is 4.79 Å². The molecule has 7 nitrogen and oxygen atoms in total. The minimum atomic E-state index is 0. The molecule has 0 radical (unpaired) electrons. The SMILES string of the molecule is C.CC.Cc1cc(-c2ccc(N(C=O)/C=C\N(C)C)c(Cl)c2)c(O)c(-c2cccc(N3CCN(C(C)(C)C)CC3)c2)n1. The van der Waals surface area contributed by atoms with Crippen molar-refractivity contribution in [2.75, 3.05) is 50.1 Å². The van der Waals surface area contributed by atoms with Gasteiger partial charge in [0.1, 0.15) is 11.4 Å². The van der Waals surface area contributed by atoms with Crippen molar-refractivity contribution in [2.24, 2.45) is 0 Å². The highest BCUT2D eigenvalue weighted by molar-refractivity contribution is 6.34. The zero-order chi connectivity index (χ0) is 30.3. The lowest BCUT2D eigenvalue weighted by molar-refractivity contribution is -0.106. The summed E-state index contributed by atoms with van der Waals surface area (Å²) in [6, 6.07) is 15.5. The highest BCUT2D eigenvalue weighted by Crippen LogP contribution is 2.40. The third kappa shape index (κ3) is 8.26. The average molecular weight is 594 g/mol. The molecular formula is C34H48ClN5O2. The van der Waals surface area contributed by atoms with Crippen molar-refractivity contribution < 1.29 is 9.90 Å². The molecule has 1 aromatic heterocycles. The second-order valence-electron chi connectivity index (χ2n) is 11.1. The van der Waals surface area contributed by atoms with E-state index >= 15 is 0 Å². The smallest absolute Gasteiger partial charge is 0.218 e. The molecule has 0 spiro atoms. The molecule has 228 valence electrons. The topological polar surface area (TPSA) is 63.2 Å². The van der Waals surface area contributed by atoms with Gasteiger partial charge >= 0.3 is 0 Å². The van der Waals surface area contributed by atoms with Crippen LogP contribution in [0.15, 0.2) is 60.9 Å². The lowest BCUT2D eigenvalue weighted by Crippen LogP contribution is -2.53. The maximum Gasteiger partial charge on any atom is 0.218 e. The van der Waals surface area contributed by atoms with Crippen LogP contribution in [0.3, 0.4) is 0 Å². The number of anilines is 2. The Kier molecular flexibility index (Phi) is 12.4. The van der Waals surface area contributed by atoms with Crippen LogP contribution in [0.1, 0.15) is 47.7 Å². The number of hydrogen-bond acceptors (Lipinski definition) is 6. The van der Waals surface area contributed by atoms with E-state index in [0.29, 0.717) is 28.4 Å². The van der Waals surface area contributed by atoms with Crippen molar-refractivity contribution in [1.82, 2.24) is 14.8 Å². The van der Waals surface area contributed by atoms with E-state index in [2.05, 4.69) is 42.7 Å². The lowest BCUT2D eigenvalue weighted by Gasteiger charge is -2.43. The predicted molar refractivity (Wildman–Crippen MR) is 180 cm³/mol. The molecule has 0 aliphatic carbocycles. The Morgan fingerprint density at radius 3 is 2.19 bits per heavy atom. The minimum Gasteiger partial charge on any atom is -0.505 e. The highest BCUT2D eigenvalue weighted by Gasteiger charge is 2.26. The molecule has 1 fully saturated rings. The van der Waals surface area contributed by atoms with Crippen LogP contribution in [0.4, 0.5) is 11.4 Å². The van der Waals surface area contributed by atoms with E-state index in [9.17, 15) is 9.90 Å². The first-order chi connectivity index (χ1) is 19.5. The van der Waals surface area contributed by atoms with Crippen LogP contribution in [0, 0.1) is 6.92 Å². The van der Waals surface area contributed by atoms with E-state index in [-0.39, 0.29) is 18.7 Å². The fraction of sp³-hybridized carbons (Fsp3) is 0.412. The second kappa shape index (κ2) is 15.1. The first-order valence-corrected chi connectivity index (χ1v) is 14.5. The summed E-state index contributed by atoms with van der Waals surface area (Å²) in [5, 5.41) is 11.8. The summed E-state index contributed by atoms with van der Waals surface area (Å²) in [4.78, 5) is 24.5. The first kappa shape index (κ1) is 34.7. The fourth-order valence-corrected chi connectivity index (χ4v) is 5.11. The van der Waals surface area contributed by atoms with Crippen molar-refractivity contribution in [1.29, 1.82) is 0 Å². The molecule has 0 unspecified atom stereocenters. The summed E-state index contributed by atoms with van der Waals surface area (Å²) in [6.45, 7) is 16.6. The Morgan fingerprint density at radius 2 is 1.62 bits per heavy atom. The Morgan fingerprint density at radius 1 is 0.952 bits per heavy atom. The maximum atomic E-state index is 11.7. The maximum absolute atomic E-state index is 11.7. The number of halogens is 1. The molecule has 0 bridgehead atoms. The molecule has 0 saturated carbocycles. The number of hydrogen-bond donors (Lipinski definition) is 1. The van der Waals surface area contributed by atoms with Crippen molar-refractivity contribution in [2.45, 2.75) is 54.5 Å². The largest absolute Gasteiger partial charge is 0.505 e. The molecule has 42 heavy (non-hydrogen) atoms. The standard InChI is InChI=1S/C31H38ClN5O2.C2H6.CH4/c1-22-18-26(23-10-11-28(27(32)20-23)36(21-38)13-12-34(5)6)30(39)29(33-22)24-8-7-9-25(19-24)35-14-16-37(17-15-35)31(2,3)4;1-2;/h7-13,18-21,39H,14-17H2,1-6H3;1-2H3;1H4/b13-12-;;. The van der Waals surface area contributed by atoms with E-state index in [0.717, 1.165) is 48.7 Å². The Labute approximate surface area is 258 Å². The van der Waals surface area contributed by atoms with Crippen LogP contribution in [0.2, 0.25) is 5.02 Å². The minimum absolute atomic E-state index is 0. The van der Waals surface area contributed by atoms with Gasteiger partial charge in [0.25, 0.3) is 0 Å². The average Bonchev–Trinajstić information content (AvgIpc) is 2.95. The molecule has 1 amide bonds. The van der Waals surface area contributed by atoms with Gasteiger partial charge in [0.15, 0.2) is 0 Å². The number of aromatic hydroxyl groups is 1. The quantitative estimate of drug-likeness (QED) is 0.284. The van der Waals surface area contributed by atoms with E-state index in [1.807, 2.05) is 64.0 Å². The Balaban J connectivity index is 0.00000201. The van der Waals surface area contributed by atoms with Gasteiger partial charge in [-0.1, -0.05) is 51.1 Å². The molecule has 1 saturated heterocycles. The molecule has 2 heterocycles. The van der Waals surface area contributed by atoms with Gasteiger partial charge in [-0.25, -0.2) is 4.98 Å². The summed E-state index contributed by atoms with van der Waals surface area (Å²) >= 11 is 6.61. The Hall–Kier alpha value is -3.55. The third-order valence-corrected chi connectivity index (χ3v) is 7.31. The van der Waals surface area contributed by atoms with E-state index < -0.39 is 0 Å². The molecule has 3 aromatic rings. The van der Waals surface area contributed by atoms with Crippen molar-refractivity contribution >= 4 is 29.4 Å². The number of pyridine rings is 1. The first-order valence-electron chi connectivity index (χ1n) is 14.2. The predicted octanol–water partition coefficient (Wildman–Crippen LogP) is 7.66. The lowest BCUT2D eigenvalue weighted by atomic mass is 9.99. The van der Waals surface area contributed by atoms with Gasteiger partial charge in [-0.05, 0) is 63.6 Å². The summed E-state index contributed by atoms with van der Waals surface area (Å²) in [5.41, 5.74) is 5.39. The number of rotatable bonds is 7. The van der Waals surface area contributed by atoms with Gasteiger partial charge < -0.3 is 14.9 Å². The second-order valence-corrected chi connectivity index (χ2v) is 11.6. The number of carbonyl (C=O) groups excluding carboxylic acids is 1. The number of benzene rings is 2. The molecule has 1 N–H and O–H groups in total. The number of nitrogens with zero attached hydrogens (tertiary/aromatic N) is 5. The zero-order valence-corrected chi connectivity index (χ0v) is 26.4. The summed E-state index contributed by atoms with van der Waals surface area (Å²) in [7, 11) is 3.75. The zero-order valence-electron chi connectivity index (χ0n) is 25.6. The van der Waals surface area contributed by atoms with Crippen molar-refractivity contribution in [3.63, 3.8) is 0 Å². The number of piperazine rings is 1. The van der Waals surface area contributed by atoms with Gasteiger partial charge in [-0.2, -0.15) is 0 Å². The molecule has 1 aliphatic heterocycles. The van der Waals surface area contributed by atoms with Crippen LogP contribution >= 0.6 is 11.6 Å². The molecule has 1 aliphatic rings. The monoisotopic (exact) mass is 593 g/mol. The van der Waals surface area contributed by atoms with E-state index in [1.165, 1.54) is 4.90 Å². The summed E-state index contributed by atoms with van der Waals surface area (Å²) < 4.78 is 0. The van der Waals surface area contributed by atoms with Crippen LogP contribution in [0.5, 0.6) is 5.75 Å². The van der Waals surface area contributed by atoms with Crippen LogP contribution < -0.4 is 9.80 Å². The van der Waals surface area contributed by atoms with Crippen molar-refractivity contribution in [3.8, 4) is 28.1 Å². The Bertz CT molecular complexity index is 1360. The molecule has 8 heteroatoms. The fourth-order valence-electron chi connectivity index (χ4n) is 4.83. The summed E-state index contributed by atoms with van der Waals surface area (Å²) in [5.74, 6) is 0.0962. The molecule has 2 aromatic carbocycles.